The largest absolute Gasteiger partial charge is 0.508 e. The van der Waals surface area contributed by atoms with Gasteiger partial charge in [0.15, 0.2) is 0 Å². The van der Waals surface area contributed by atoms with E-state index in [1.165, 1.54) is 0 Å². The zero-order chi connectivity index (χ0) is 17.7. The third-order valence-corrected chi connectivity index (χ3v) is 3.98. The Balaban J connectivity index is 0.000000257. The van der Waals surface area contributed by atoms with E-state index in [9.17, 15) is 9.13 Å². The molecule has 11 heteroatoms. The van der Waals surface area contributed by atoms with Crippen LogP contribution in [-0.2, 0) is 13.4 Å². The Morgan fingerprint density at radius 1 is 0.609 bits per heavy atom. The number of phosphoric acid groups is 2. The highest BCUT2D eigenvalue weighted by molar-refractivity contribution is 7.60. The minimum Gasteiger partial charge on any atom is -0.508 e. The Hall–Kier alpha value is -1.70. The topological polar surface area (TPSA) is 165 Å². The van der Waals surface area contributed by atoms with E-state index in [4.69, 9.17) is 29.8 Å². The van der Waals surface area contributed by atoms with E-state index in [-0.39, 0.29) is 11.5 Å². The molecule has 0 spiro atoms. The molecule has 2 rings (SSSR count). The summed E-state index contributed by atoms with van der Waals surface area (Å²) in [6, 6.07) is 13.9. The molecule has 0 atom stereocenters. The Labute approximate surface area is 130 Å². The average molecular weight is 364 g/mol. The summed E-state index contributed by atoms with van der Waals surface area (Å²) in [4.78, 5) is 31.0. The highest BCUT2D eigenvalue weighted by Crippen LogP contribution is 2.53. The van der Waals surface area contributed by atoms with Gasteiger partial charge in [-0.05, 0) is 35.4 Å². The lowest BCUT2D eigenvalue weighted by Gasteiger charge is -2.03. The minimum atomic E-state index is -5.05. The van der Waals surface area contributed by atoms with E-state index < -0.39 is 15.6 Å². The fourth-order valence-electron chi connectivity index (χ4n) is 1.45. The zero-order valence-corrected chi connectivity index (χ0v) is 13.2. The number of phenols is 2. The van der Waals surface area contributed by atoms with Crippen molar-refractivity contribution in [3.05, 3.63) is 48.5 Å². The second kappa shape index (κ2) is 7.72. The average Bonchev–Trinajstić information content (AvgIpc) is 2.37. The first-order valence-corrected chi connectivity index (χ1v) is 8.93. The van der Waals surface area contributed by atoms with Gasteiger partial charge in [-0.2, -0.15) is 4.31 Å². The van der Waals surface area contributed by atoms with Crippen LogP contribution in [0.1, 0.15) is 0 Å². The molecular weight excluding hydrogens is 350 g/mol. The molecule has 0 saturated heterocycles. The van der Waals surface area contributed by atoms with Gasteiger partial charge in [0.1, 0.15) is 11.5 Å². The SMILES string of the molecule is O=P(O)(O)OP(=O)(O)O.Oc1ccc(-c2ccc(O)cc2)cc1. The summed E-state index contributed by atoms with van der Waals surface area (Å²) in [5, 5.41) is 18.2. The highest BCUT2D eigenvalue weighted by Gasteiger charge is 2.27. The first kappa shape index (κ1) is 19.3. The lowest BCUT2D eigenvalue weighted by molar-refractivity contribution is 0.225. The lowest BCUT2D eigenvalue weighted by Crippen LogP contribution is -1.84. The van der Waals surface area contributed by atoms with E-state index in [0.29, 0.717) is 0 Å². The summed E-state index contributed by atoms with van der Waals surface area (Å²) in [6.07, 6.45) is 0. The summed E-state index contributed by atoms with van der Waals surface area (Å²) in [7, 11) is -10.1. The monoisotopic (exact) mass is 364 g/mol. The smallest absolute Gasteiger partial charge is 0.478 e. The molecular formula is C12H14O9P2. The maximum absolute atomic E-state index is 9.63. The predicted octanol–water partition coefficient (Wildman–Crippen LogP) is 1.95. The summed E-state index contributed by atoms with van der Waals surface area (Å²) < 4.78 is 22.2. The third kappa shape index (κ3) is 8.49. The van der Waals surface area contributed by atoms with Crippen LogP contribution in [0.5, 0.6) is 11.5 Å². The molecule has 0 aliphatic carbocycles. The number of hydrogen-bond donors (Lipinski definition) is 6. The van der Waals surface area contributed by atoms with Crippen molar-refractivity contribution in [2.24, 2.45) is 0 Å². The van der Waals surface area contributed by atoms with Crippen LogP contribution in [0.2, 0.25) is 0 Å². The normalized spacial score (nSPS) is 11.5. The van der Waals surface area contributed by atoms with Crippen LogP contribution in [0.3, 0.4) is 0 Å². The van der Waals surface area contributed by atoms with Crippen molar-refractivity contribution < 1.29 is 43.2 Å². The fraction of sp³-hybridized carbons (Fsp3) is 0. The molecule has 0 radical (unpaired) electrons. The molecule has 23 heavy (non-hydrogen) atoms. The second-order valence-corrected chi connectivity index (χ2v) is 6.77. The van der Waals surface area contributed by atoms with Gasteiger partial charge in [-0.25, -0.2) is 9.13 Å². The van der Waals surface area contributed by atoms with Crippen LogP contribution < -0.4 is 0 Å². The van der Waals surface area contributed by atoms with Crippen LogP contribution >= 0.6 is 15.6 Å². The summed E-state index contributed by atoms with van der Waals surface area (Å²) >= 11 is 0. The van der Waals surface area contributed by atoms with Gasteiger partial charge in [-0.15, -0.1) is 0 Å². The van der Waals surface area contributed by atoms with Crippen LogP contribution in [-0.4, -0.2) is 29.8 Å². The number of hydrogen-bond acceptors (Lipinski definition) is 5. The maximum Gasteiger partial charge on any atom is 0.478 e. The van der Waals surface area contributed by atoms with Crippen LogP contribution in [0, 0.1) is 0 Å². The molecule has 0 unspecified atom stereocenters. The van der Waals surface area contributed by atoms with E-state index in [1.54, 1.807) is 24.3 Å². The van der Waals surface area contributed by atoms with Crippen molar-refractivity contribution in [1.82, 2.24) is 0 Å². The minimum absolute atomic E-state index is 0.257. The van der Waals surface area contributed by atoms with E-state index in [1.807, 2.05) is 24.3 Å². The van der Waals surface area contributed by atoms with Gasteiger partial charge in [-0.1, -0.05) is 24.3 Å². The Morgan fingerprint density at radius 3 is 1.04 bits per heavy atom. The van der Waals surface area contributed by atoms with E-state index in [0.717, 1.165) is 11.1 Å². The Morgan fingerprint density at radius 2 is 0.870 bits per heavy atom. The first-order valence-electron chi connectivity index (χ1n) is 5.87. The van der Waals surface area contributed by atoms with Crippen molar-refractivity contribution in [3.8, 4) is 22.6 Å². The first-order chi connectivity index (χ1) is 10.5. The molecule has 9 nitrogen and oxygen atoms in total. The quantitative estimate of drug-likeness (QED) is 0.446. The van der Waals surface area contributed by atoms with Crippen LogP contribution in [0.25, 0.3) is 11.1 Å². The molecule has 0 aromatic heterocycles. The standard InChI is InChI=1S/C12H10O2.H4O7P2/c13-11-5-1-9(2-6-11)10-3-7-12(14)8-4-10;1-8(2,3)7-9(4,5)6/h1-8,13-14H;(H2,1,2,3)(H2,4,5,6). The summed E-state index contributed by atoms with van der Waals surface area (Å²) in [5.41, 5.74) is 2.03. The number of aromatic hydroxyl groups is 2. The third-order valence-electron chi connectivity index (χ3n) is 2.28. The highest BCUT2D eigenvalue weighted by atomic mass is 31.3. The zero-order valence-electron chi connectivity index (χ0n) is 11.4. The maximum atomic E-state index is 9.63. The molecule has 0 aliphatic rings. The Kier molecular flexibility index (Phi) is 6.49. The van der Waals surface area contributed by atoms with Crippen LogP contribution in [0.4, 0.5) is 0 Å². The molecule has 126 valence electrons. The summed E-state index contributed by atoms with van der Waals surface area (Å²) in [6.45, 7) is 0. The van der Waals surface area contributed by atoms with Gasteiger partial charge < -0.3 is 29.8 Å². The number of rotatable bonds is 3. The molecule has 0 aliphatic heterocycles. The molecule has 6 N–H and O–H groups in total. The van der Waals surface area contributed by atoms with Crippen LogP contribution in [0.15, 0.2) is 48.5 Å². The number of phenolic OH excluding ortho intramolecular Hbond substituents is 2. The van der Waals surface area contributed by atoms with Gasteiger partial charge in [0.05, 0.1) is 0 Å². The molecule has 2 aromatic carbocycles. The van der Waals surface area contributed by atoms with Crippen molar-refractivity contribution >= 4 is 15.6 Å². The molecule has 0 saturated carbocycles. The van der Waals surface area contributed by atoms with Crippen molar-refractivity contribution in [1.29, 1.82) is 0 Å². The molecule has 0 bridgehead atoms. The van der Waals surface area contributed by atoms with Crippen molar-refractivity contribution in [2.75, 3.05) is 0 Å². The van der Waals surface area contributed by atoms with E-state index >= 15 is 0 Å². The van der Waals surface area contributed by atoms with Gasteiger partial charge in [-0.3, -0.25) is 0 Å². The van der Waals surface area contributed by atoms with Gasteiger partial charge in [0, 0.05) is 0 Å². The Bertz CT molecular complexity index is 652. The molecule has 0 fully saturated rings. The molecule has 0 heterocycles. The van der Waals surface area contributed by atoms with Gasteiger partial charge in [0.2, 0.25) is 0 Å². The number of benzene rings is 2. The second-order valence-electron chi connectivity index (χ2n) is 4.16. The van der Waals surface area contributed by atoms with Crippen molar-refractivity contribution in [2.45, 2.75) is 0 Å². The fourth-order valence-corrected chi connectivity index (χ4v) is 2.55. The molecule has 2 aromatic rings. The predicted molar refractivity (Wildman–Crippen MR) is 80.4 cm³/mol. The summed E-state index contributed by atoms with van der Waals surface area (Å²) in [5.74, 6) is 0.514. The van der Waals surface area contributed by atoms with Gasteiger partial charge in [0.25, 0.3) is 0 Å². The van der Waals surface area contributed by atoms with E-state index in [2.05, 4.69) is 4.31 Å². The lowest BCUT2D eigenvalue weighted by atomic mass is 10.1. The van der Waals surface area contributed by atoms with Crippen molar-refractivity contribution in [3.63, 3.8) is 0 Å². The molecule has 0 amide bonds. The van der Waals surface area contributed by atoms with Gasteiger partial charge >= 0.3 is 15.6 Å².